The Morgan fingerprint density at radius 3 is 2.60 bits per heavy atom. The third-order valence-corrected chi connectivity index (χ3v) is 3.75. The molecule has 0 aromatic carbocycles. The summed E-state index contributed by atoms with van der Waals surface area (Å²) in [5.41, 5.74) is 2.97. The van der Waals surface area contributed by atoms with Crippen LogP contribution in [0.25, 0.3) is 11.4 Å². The molecule has 2 rings (SSSR count). The van der Waals surface area contributed by atoms with Crippen molar-refractivity contribution in [1.82, 2.24) is 15.0 Å². The summed E-state index contributed by atoms with van der Waals surface area (Å²) in [6.45, 7) is 7.00. The van der Waals surface area contributed by atoms with Crippen LogP contribution in [0.15, 0.2) is 22.8 Å². The zero-order valence-corrected chi connectivity index (χ0v) is 13.7. The molecule has 0 amide bonds. The fraction of sp³-hybridized carbons (Fsp3) is 0.400. The third-order valence-electron chi connectivity index (χ3n) is 2.92. The molecule has 2 heterocycles. The van der Waals surface area contributed by atoms with Gasteiger partial charge in [-0.05, 0) is 48.3 Å². The molecule has 4 nitrogen and oxygen atoms in total. The van der Waals surface area contributed by atoms with E-state index in [1.165, 1.54) is 0 Å². The number of nitrogens with zero attached hydrogens (tertiary/aromatic N) is 3. The van der Waals surface area contributed by atoms with Crippen LogP contribution in [0.3, 0.4) is 0 Å². The van der Waals surface area contributed by atoms with Crippen molar-refractivity contribution in [2.24, 2.45) is 0 Å². The lowest BCUT2D eigenvalue weighted by atomic mass is 10.2. The number of aromatic nitrogens is 3. The number of rotatable bonds is 5. The Morgan fingerprint density at radius 2 is 2.00 bits per heavy atom. The number of hydrogen-bond acceptors (Lipinski definition) is 4. The smallest absolute Gasteiger partial charge is 0.163 e. The lowest BCUT2D eigenvalue weighted by Gasteiger charge is -2.12. The van der Waals surface area contributed by atoms with E-state index in [0.29, 0.717) is 0 Å². The van der Waals surface area contributed by atoms with Crippen molar-refractivity contribution >= 4 is 21.7 Å². The van der Waals surface area contributed by atoms with Crippen molar-refractivity contribution in [2.45, 2.75) is 33.6 Å². The molecule has 0 bridgehead atoms. The maximum Gasteiger partial charge on any atom is 0.163 e. The first-order valence-corrected chi connectivity index (χ1v) is 7.68. The Labute approximate surface area is 128 Å². The van der Waals surface area contributed by atoms with Crippen LogP contribution in [0.2, 0.25) is 0 Å². The van der Waals surface area contributed by atoms with Crippen molar-refractivity contribution in [2.75, 3.05) is 11.9 Å². The van der Waals surface area contributed by atoms with E-state index in [1.807, 2.05) is 25.3 Å². The van der Waals surface area contributed by atoms with Crippen LogP contribution >= 0.6 is 15.9 Å². The highest BCUT2D eigenvalue weighted by molar-refractivity contribution is 9.10. The highest BCUT2D eigenvalue weighted by Crippen LogP contribution is 2.27. The quantitative estimate of drug-likeness (QED) is 0.897. The highest BCUT2D eigenvalue weighted by atomic mass is 79.9. The first-order chi connectivity index (χ1) is 9.65. The van der Waals surface area contributed by atoms with Crippen LogP contribution in [0.1, 0.15) is 31.7 Å². The number of anilines is 1. The number of hydrogen-bond donors (Lipinski definition) is 1. The first-order valence-electron chi connectivity index (χ1n) is 6.89. The van der Waals surface area contributed by atoms with Gasteiger partial charge in [0.05, 0.1) is 10.2 Å². The van der Waals surface area contributed by atoms with E-state index < -0.39 is 0 Å². The Kier molecular flexibility index (Phi) is 5.06. The maximum absolute atomic E-state index is 4.67. The van der Waals surface area contributed by atoms with E-state index in [-0.39, 0.29) is 0 Å². The van der Waals surface area contributed by atoms with E-state index in [4.69, 9.17) is 0 Å². The van der Waals surface area contributed by atoms with Crippen molar-refractivity contribution < 1.29 is 0 Å². The van der Waals surface area contributed by atoms with Gasteiger partial charge < -0.3 is 5.32 Å². The minimum atomic E-state index is 0.722. The number of pyridine rings is 1. The normalized spacial score (nSPS) is 10.6. The fourth-order valence-corrected chi connectivity index (χ4v) is 2.43. The zero-order chi connectivity index (χ0) is 14.5. The molecule has 0 saturated heterocycles. The van der Waals surface area contributed by atoms with Crippen molar-refractivity contribution in [3.8, 4) is 11.4 Å². The van der Waals surface area contributed by atoms with Gasteiger partial charge in [-0.15, -0.1) is 0 Å². The lowest BCUT2D eigenvalue weighted by molar-refractivity contribution is 0.867. The Morgan fingerprint density at radius 1 is 1.20 bits per heavy atom. The number of aryl methyl sites for hydroxylation is 2. The summed E-state index contributed by atoms with van der Waals surface area (Å²) in [4.78, 5) is 13.6. The molecule has 0 fully saturated rings. The molecule has 0 unspecified atom stereocenters. The van der Waals surface area contributed by atoms with E-state index in [2.05, 4.69) is 50.0 Å². The summed E-state index contributed by atoms with van der Waals surface area (Å²) >= 11 is 3.60. The summed E-state index contributed by atoms with van der Waals surface area (Å²) in [7, 11) is 0. The van der Waals surface area contributed by atoms with Gasteiger partial charge in [-0.2, -0.15) is 0 Å². The van der Waals surface area contributed by atoms with Crippen LogP contribution < -0.4 is 5.32 Å². The van der Waals surface area contributed by atoms with Gasteiger partial charge in [-0.25, -0.2) is 9.97 Å². The van der Waals surface area contributed by atoms with E-state index in [1.54, 1.807) is 0 Å². The van der Waals surface area contributed by atoms with Gasteiger partial charge in [-0.3, -0.25) is 4.98 Å². The van der Waals surface area contributed by atoms with Crippen LogP contribution in [0, 0.1) is 6.92 Å². The van der Waals surface area contributed by atoms with Crippen molar-refractivity contribution in [1.29, 1.82) is 0 Å². The van der Waals surface area contributed by atoms with Gasteiger partial charge in [-0.1, -0.05) is 13.3 Å². The molecule has 0 radical (unpaired) electrons. The van der Waals surface area contributed by atoms with Gasteiger partial charge in [0.1, 0.15) is 5.82 Å². The topological polar surface area (TPSA) is 50.7 Å². The molecule has 2 aromatic rings. The molecular formula is C15H19BrN4. The molecule has 20 heavy (non-hydrogen) atoms. The average Bonchev–Trinajstić information content (AvgIpc) is 2.44. The predicted molar refractivity (Wildman–Crippen MR) is 85.9 cm³/mol. The summed E-state index contributed by atoms with van der Waals surface area (Å²) in [5, 5.41) is 3.28. The monoisotopic (exact) mass is 334 g/mol. The summed E-state index contributed by atoms with van der Waals surface area (Å²) in [6, 6.07) is 3.99. The summed E-state index contributed by atoms with van der Waals surface area (Å²) in [6.07, 6.45) is 3.80. The molecule has 0 atom stereocenters. The second-order valence-electron chi connectivity index (χ2n) is 4.63. The minimum Gasteiger partial charge on any atom is -0.369 e. The van der Waals surface area contributed by atoms with Gasteiger partial charge in [0.15, 0.2) is 5.82 Å². The second kappa shape index (κ2) is 6.79. The Hall–Kier alpha value is -1.49. The van der Waals surface area contributed by atoms with E-state index in [0.717, 1.165) is 52.5 Å². The largest absolute Gasteiger partial charge is 0.369 e. The summed E-state index contributed by atoms with van der Waals surface area (Å²) < 4.78 is 0.963. The number of nitrogens with one attached hydrogen (secondary N) is 1. The van der Waals surface area contributed by atoms with Crippen LogP contribution in [-0.4, -0.2) is 21.5 Å². The average molecular weight is 335 g/mol. The molecule has 0 saturated carbocycles. The zero-order valence-electron chi connectivity index (χ0n) is 12.1. The molecular weight excluding hydrogens is 316 g/mol. The van der Waals surface area contributed by atoms with E-state index in [9.17, 15) is 0 Å². The van der Waals surface area contributed by atoms with Crippen LogP contribution in [0.5, 0.6) is 0 Å². The predicted octanol–water partition coefficient (Wildman–Crippen LogP) is 3.99. The standard InChI is InChI=1S/C15H19BrN4/c1-4-6-12-13(16)15(17-5-2)20-14(19-12)11-8-7-10(3)18-9-11/h7-9H,4-6H2,1-3H3,(H,17,19,20). The molecule has 5 heteroatoms. The van der Waals surface area contributed by atoms with Crippen LogP contribution in [-0.2, 0) is 6.42 Å². The molecule has 0 aliphatic rings. The van der Waals surface area contributed by atoms with Crippen LogP contribution in [0.4, 0.5) is 5.82 Å². The fourth-order valence-electron chi connectivity index (χ4n) is 1.91. The highest BCUT2D eigenvalue weighted by Gasteiger charge is 2.12. The molecule has 2 aromatic heterocycles. The summed E-state index contributed by atoms with van der Waals surface area (Å²) in [5.74, 6) is 1.57. The molecule has 1 N–H and O–H groups in total. The number of halogens is 1. The van der Waals surface area contributed by atoms with Crippen molar-refractivity contribution in [3.63, 3.8) is 0 Å². The second-order valence-corrected chi connectivity index (χ2v) is 5.42. The molecule has 106 valence electrons. The first kappa shape index (κ1) is 14.9. The lowest BCUT2D eigenvalue weighted by Crippen LogP contribution is -2.06. The van der Waals surface area contributed by atoms with Gasteiger partial charge >= 0.3 is 0 Å². The minimum absolute atomic E-state index is 0.722. The van der Waals surface area contributed by atoms with Gasteiger partial charge in [0, 0.05) is 24.0 Å². The van der Waals surface area contributed by atoms with E-state index >= 15 is 0 Å². The molecule has 0 aliphatic heterocycles. The Bertz CT molecular complexity index is 554. The Balaban J connectivity index is 2.49. The molecule has 0 spiro atoms. The SMILES string of the molecule is CCCc1nc(-c2ccc(C)nc2)nc(NCC)c1Br. The van der Waals surface area contributed by atoms with Gasteiger partial charge in [0.2, 0.25) is 0 Å². The maximum atomic E-state index is 4.67. The third kappa shape index (κ3) is 3.33. The van der Waals surface area contributed by atoms with Gasteiger partial charge in [0.25, 0.3) is 0 Å². The molecule has 0 aliphatic carbocycles. The van der Waals surface area contributed by atoms with Crippen molar-refractivity contribution in [3.05, 3.63) is 34.2 Å².